The lowest BCUT2D eigenvalue weighted by atomic mass is 10.2. The van der Waals surface area contributed by atoms with Crippen LogP contribution in [0.15, 0.2) is 36.4 Å². The van der Waals surface area contributed by atoms with Crippen LogP contribution >= 0.6 is 11.3 Å². The van der Waals surface area contributed by atoms with E-state index in [1.807, 2.05) is 24.3 Å². The van der Waals surface area contributed by atoms with E-state index in [4.69, 9.17) is 4.74 Å². The molecule has 0 atom stereocenters. The summed E-state index contributed by atoms with van der Waals surface area (Å²) in [7, 11) is 0. The Morgan fingerprint density at radius 3 is 2.88 bits per heavy atom. The van der Waals surface area contributed by atoms with Crippen LogP contribution in [0.4, 0.5) is 0 Å². The number of rotatable bonds is 4. The van der Waals surface area contributed by atoms with Crippen molar-refractivity contribution in [1.82, 2.24) is 0 Å². The zero-order valence-corrected chi connectivity index (χ0v) is 9.79. The molecule has 82 valence electrons. The molecule has 0 N–H and O–H groups in total. The third kappa shape index (κ3) is 2.49. The van der Waals surface area contributed by atoms with Gasteiger partial charge in [-0.3, -0.25) is 4.79 Å². The van der Waals surface area contributed by atoms with Gasteiger partial charge in [0.2, 0.25) is 0 Å². The summed E-state index contributed by atoms with van der Waals surface area (Å²) >= 11 is 1.35. The summed E-state index contributed by atoms with van der Waals surface area (Å²) < 4.78 is 5.66. The quantitative estimate of drug-likeness (QED) is 0.747. The number of thiophene rings is 1. The first-order valence-electron chi connectivity index (χ1n) is 5.13. The minimum absolute atomic E-state index is 0.682. The molecular formula is C13H12O2S. The average molecular weight is 232 g/mol. The lowest BCUT2D eigenvalue weighted by molar-refractivity contribution is 0.112. The van der Waals surface area contributed by atoms with Gasteiger partial charge in [0.1, 0.15) is 5.75 Å². The van der Waals surface area contributed by atoms with Crippen molar-refractivity contribution in [3.05, 3.63) is 46.8 Å². The number of hydrogen-bond donors (Lipinski definition) is 0. The van der Waals surface area contributed by atoms with Gasteiger partial charge in [-0.05, 0) is 36.2 Å². The van der Waals surface area contributed by atoms with Crippen molar-refractivity contribution >= 4 is 17.6 Å². The maximum Gasteiger partial charge on any atom is 0.181 e. The van der Waals surface area contributed by atoms with Crippen molar-refractivity contribution < 1.29 is 9.53 Å². The first-order chi connectivity index (χ1) is 7.81. The smallest absolute Gasteiger partial charge is 0.181 e. The summed E-state index contributed by atoms with van der Waals surface area (Å²) in [6.07, 6.45) is 1.82. The van der Waals surface area contributed by atoms with E-state index >= 15 is 0 Å². The maximum absolute atomic E-state index is 10.5. The predicted octanol–water partition coefficient (Wildman–Crippen LogP) is 3.92. The highest BCUT2D eigenvalue weighted by Crippen LogP contribution is 2.29. The molecule has 2 nitrogen and oxygen atoms in total. The Kier molecular flexibility index (Phi) is 3.37. The predicted molar refractivity (Wildman–Crippen MR) is 65.6 cm³/mol. The van der Waals surface area contributed by atoms with Crippen molar-refractivity contribution in [2.45, 2.75) is 13.3 Å². The van der Waals surface area contributed by atoms with E-state index in [2.05, 4.69) is 13.0 Å². The van der Waals surface area contributed by atoms with Crippen LogP contribution in [0, 0.1) is 0 Å². The van der Waals surface area contributed by atoms with Gasteiger partial charge in [-0.25, -0.2) is 0 Å². The monoisotopic (exact) mass is 232 g/mol. The third-order valence-corrected chi connectivity index (χ3v) is 3.13. The molecule has 2 rings (SSSR count). The number of aryl methyl sites for hydroxylation is 1. The van der Waals surface area contributed by atoms with Crippen molar-refractivity contribution in [3.8, 4) is 10.8 Å². The average Bonchev–Trinajstić information content (AvgIpc) is 2.77. The number of ether oxygens (including phenoxy) is 1. The largest absolute Gasteiger partial charge is 0.447 e. The molecule has 0 saturated carbocycles. The fourth-order valence-corrected chi connectivity index (χ4v) is 2.09. The van der Waals surface area contributed by atoms with Crippen molar-refractivity contribution in [3.63, 3.8) is 0 Å². The molecule has 0 amide bonds. The second kappa shape index (κ2) is 4.94. The number of carbonyl (C=O) groups is 1. The Balaban J connectivity index is 2.16. The van der Waals surface area contributed by atoms with E-state index < -0.39 is 0 Å². The van der Waals surface area contributed by atoms with Crippen LogP contribution in [0.3, 0.4) is 0 Å². The standard InChI is InChI=1S/C13H12O2S/c1-2-10-4-3-5-11(8-10)15-13-7-6-12(9-14)16-13/h3-9H,2H2,1H3. The molecule has 0 fully saturated rings. The van der Waals surface area contributed by atoms with E-state index in [0.717, 1.165) is 23.5 Å². The second-order valence-electron chi connectivity index (χ2n) is 3.38. The maximum atomic E-state index is 10.5. The minimum Gasteiger partial charge on any atom is -0.447 e. The first kappa shape index (κ1) is 10.9. The Morgan fingerprint density at radius 1 is 1.31 bits per heavy atom. The number of hydrogen-bond acceptors (Lipinski definition) is 3. The zero-order valence-electron chi connectivity index (χ0n) is 8.97. The molecule has 0 aliphatic carbocycles. The van der Waals surface area contributed by atoms with Crippen LogP contribution in [-0.4, -0.2) is 6.29 Å². The van der Waals surface area contributed by atoms with E-state index in [9.17, 15) is 4.79 Å². The van der Waals surface area contributed by atoms with Gasteiger partial charge in [-0.1, -0.05) is 30.4 Å². The molecule has 1 aromatic carbocycles. The molecule has 0 spiro atoms. The molecule has 0 aliphatic rings. The molecule has 3 heteroatoms. The Bertz CT molecular complexity index is 488. The molecule has 16 heavy (non-hydrogen) atoms. The Hall–Kier alpha value is -1.61. The zero-order chi connectivity index (χ0) is 11.4. The van der Waals surface area contributed by atoms with Crippen molar-refractivity contribution in [1.29, 1.82) is 0 Å². The second-order valence-corrected chi connectivity index (χ2v) is 4.46. The fraction of sp³-hybridized carbons (Fsp3) is 0.154. The summed E-state index contributed by atoms with van der Waals surface area (Å²) in [5.74, 6) is 0.818. The number of benzene rings is 1. The van der Waals surface area contributed by atoms with E-state index in [-0.39, 0.29) is 0 Å². The van der Waals surface area contributed by atoms with Gasteiger partial charge < -0.3 is 4.74 Å². The van der Waals surface area contributed by atoms with Gasteiger partial charge in [0.05, 0.1) is 4.88 Å². The highest BCUT2D eigenvalue weighted by atomic mass is 32.1. The van der Waals surface area contributed by atoms with E-state index in [1.165, 1.54) is 16.9 Å². The summed E-state index contributed by atoms with van der Waals surface area (Å²) in [6.45, 7) is 2.11. The van der Waals surface area contributed by atoms with Crippen LogP contribution in [0.25, 0.3) is 0 Å². The first-order valence-corrected chi connectivity index (χ1v) is 5.95. The van der Waals surface area contributed by atoms with Crippen LogP contribution < -0.4 is 4.74 Å². The van der Waals surface area contributed by atoms with E-state index in [0.29, 0.717) is 4.88 Å². The summed E-state index contributed by atoms with van der Waals surface area (Å²) in [5.41, 5.74) is 1.24. The van der Waals surface area contributed by atoms with Gasteiger partial charge in [0.15, 0.2) is 11.3 Å². The summed E-state index contributed by atoms with van der Waals surface area (Å²) in [4.78, 5) is 11.2. The topological polar surface area (TPSA) is 26.3 Å². The van der Waals surface area contributed by atoms with Crippen molar-refractivity contribution in [2.24, 2.45) is 0 Å². The molecule has 0 bridgehead atoms. The van der Waals surface area contributed by atoms with E-state index in [1.54, 1.807) is 6.07 Å². The lowest BCUT2D eigenvalue weighted by Crippen LogP contribution is -1.83. The van der Waals surface area contributed by atoms with Crippen LogP contribution in [0.1, 0.15) is 22.2 Å². The highest BCUT2D eigenvalue weighted by Gasteiger charge is 2.02. The Morgan fingerprint density at radius 2 is 2.19 bits per heavy atom. The molecule has 0 unspecified atom stereocenters. The molecule has 0 radical (unpaired) electrons. The third-order valence-electron chi connectivity index (χ3n) is 2.24. The molecule has 1 heterocycles. The van der Waals surface area contributed by atoms with Crippen molar-refractivity contribution in [2.75, 3.05) is 0 Å². The van der Waals surface area contributed by atoms with Gasteiger partial charge in [-0.15, -0.1) is 0 Å². The van der Waals surface area contributed by atoms with Crippen LogP contribution in [-0.2, 0) is 6.42 Å². The normalized spacial score (nSPS) is 10.1. The molecular weight excluding hydrogens is 220 g/mol. The van der Waals surface area contributed by atoms with Gasteiger partial charge >= 0.3 is 0 Å². The lowest BCUT2D eigenvalue weighted by Gasteiger charge is -2.03. The molecule has 0 saturated heterocycles. The molecule has 1 aromatic heterocycles. The van der Waals surface area contributed by atoms with Gasteiger partial charge in [0.25, 0.3) is 0 Å². The SMILES string of the molecule is CCc1cccc(Oc2ccc(C=O)s2)c1. The van der Waals surface area contributed by atoms with Crippen LogP contribution in [0.2, 0.25) is 0 Å². The Labute approximate surface area is 98.5 Å². The van der Waals surface area contributed by atoms with Gasteiger partial charge in [0, 0.05) is 0 Å². The number of aldehydes is 1. The minimum atomic E-state index is 0.682. The highest BCUT2D eigenvalue weighted by molar-refractivity contribution is 7.15. The summed E-state index contributed by atoms with van der Waals surface area (Å²) in [5, 5.41) is 0.746. The van der Waals surface area contributed by atoms with Crippen LogP contribution in [0.5, 0.6) is 10.8 Å². The number of carbonyl (C=O) groups excluding carboxylic acids is 1. The fourth-order valence-electron chi connectivity index (χ4n) is 1.40. The summed E-state index contributed by atoms with van der Waals surface area (Å²) in [6, 6.07) is 11.5. The molecule has 0 aliphatic heterocycles. The van der Waals surface area contributed by atoms with Gasteiger partial charge in [-0.2, -0.15) is 0 Å². The molecule has 2 aromatic rings.